The lowest BCUT2D eigenvalue weighted by Crippen LogP contribution is -2.32. The van der Waals surface area contributed by atoms with E-state index in [1.54, 1.807) is 0 Å². The number of halogens is 3. The Hall–Kier alpha value is -1.11. The molecule has 1 atom stereocenters. The van der Waals surface area contributed by atoms with Gasteiger partial charge in [0.2, 0.25) is 0 Å². The molecule has 0 radical (unpaired) electrons. The van der Waals surface area contributed by atoms with E-state index in [9.17, 15) is 13.2 Å². The molecule has 0 amide bonds. The fourth-order valence-corrected chi connectivity index (χ4v) is 0.620. The number of alkyl halides is 3. The number of hydrogen-bond donors (Lipinski definition) is 1. The van der Waals surface area contributed by atoms with Crippen molar-refractivity contribution in [2.45, 2.75) is 18.8 Å². The third-order valence-electron chi connectivity index (χ3n) is 1.23. The Kier molecular flexibility index (Phi) is 2.32. The highest BCUT2D eigenvalue weighted by atomic mass is 19.4. The van der Waals surface area contributed by atoms with E-state index in [0.717, 1.165) is 17.2 Å². The summed E-state index contributed by atoms with van der Waals surface area (Å²) in [6.07, 6.45) is -4.75. The molecule has 68 valence electrons. The summed E-state index contributed by atoms with van der Waals surface area (Å²) in [7, 11) is 0. The van der Waals surface area contributed by atoms with Gasteiger partial charge in [-0.2, -0.15) is 13.2 Å². The zero-order valence-corrected chi connectivity index (χ0v) is 5.86. The molecule has 1 rings (SSSR count). The fourth-order valence-electron chi connectivity index (χ4n) is 0.620. The van der Waals surface area contributed by atoms with Crippen molar-refractivity contribution in [2.75, 3.05) is 0 Å². The average molecular weight is 181 g/mol. The van der Waals surface area contributed by atoms with Crippen LogP contribution in [0, 0.1) is 0 Å². The number of aromatic nitrogens is 3. The Balaban J connectivity index is 2.53. The quantitative estimate of drug-likeness (QED) is 0.709. The highest BCUT2D eigenvalue weighted by Crippen LogP contribution is 2.20. The fraction of sp³-hybridized carbons (Fsp3) is 0.600. The molecule has 0 aliphatic heterocycles. The topological polar surface area (TPSA) is 50.9 Å². The van der Waals surface area contributed by atoms with Crippen molar-refractivity contribution in [3.05, 3.63) is 12.7 Å². The minimum atomic E-state index is -4.59. The molecule has 1 aromatic rings. The molecular formula is C5H6F3N3O. The van der Waals surface area contributed by atoms with E-state index in [4.69, 9.17) is 5.11 Å². The molecule has 1 N–H and O–H groups in total. The number of aliphatic hydroxyl groups is 1. The van der Waals surface area contributed by atoms with E-state index in [0.29, 0.717) is 0 Å². The van der Waals surface area contributed by atoms with Gasteiger partial charge >= 0.3 is 6.18 Å². The first-order valence-electron chi connectivity index (χ1n) is 3.07. The highest BCUT2D eigenvalue weighted by Gasteiger charge is 2.38. The molecule has 1 unspecified atom stereocenters. The molecule has 0 aliphatic carbocycles. The second-order valence-corrected chi connectivity index (χ2v) is 2.22. The van der Waals surface area contributed by atoms with Crippen molar-refractivity contribution >= 4 is 0 Å². The van der Waals surface area contributed by atoms with Crippen LogP contribution in [0.15, 0.2) is 12.7 Å². The maximum atomic E-state index is 11.7. The van der Waals surface area contributed by atoms with Crippen LogP contribution in [0.4, 0.5) is 13.2 Å². The van der Waals surface area contributed by atoms with Crippen LogP contribution in [-0.2, 0) is 6.54 Å². The molecule has 1 heterocycles. The lowest BCUT2D eigenvalue weighted by molar-refractivity contribution is -0.207. The third-order valence-corrected chi connectivity index (χ3v) is 1.23. The van der Waals surface area contributed by atoms with Gasteiger partial charge in [0.1, 0.15) is 12.7 Å². The van der Waals surface area contributed by atoms with Crippen LogP contribution in [-0.4, -0.2) is 32.2 Å². The first-order valence-corrected chi connectivity index (χ1v) is 3.07. The maximum absolute atomic E-state index is 11.7. The molecule has 0 saturated carbocycles. The summed E-state index contributed by atoms with van der Waals surface area (Å²) < 4.78 is 36.3. The van der Waals surface area contributed by atoms with Crippen molar-refractivity contribution < 1.29 is 18.3 Å². The Morgan fingerprint density at radius 2 is 1.83 bits per heavy atom. The van der Waals surface area contributed by atoms with Gasteiger partial charge in [-0.15, -0.1) is 10.2 Å². The van der Waals surface area contributed by atoms with E-state index in [2.05, 4.69) is 10.2 Å². The van der Waals surface area contributed by atoms with Crippen LogP contribution >= 0.6 is 0 Å². The molecule has 1 aromatic heterocycles. The van der Waals surface area contributed by atoms with Gasteiger partial charge in [0.05, 0.1) is 6.54 Å². The molecule has 0 fully saturated rings. The van der Waals surface area contributed by atoms with Crippen LogP contribution < -0.4 is 0 Å². The SMILES string of the molecule is OC(Cn1cnnc1)C(F)(F)F. The first-order chi connectivity index (χ1) is 5.50. The normalized spacial score (nSPS) is 14.7. The van der Waals surface area contributed by atoms with Gasteiger partial charge in [-0.25, -0.2) is 0 Å². The van der Waals surface area contributed by atoms with Crippen molar-refractivity contribution in [3.63, 3.8) is 0 Å². The molecule has 7 heteroatoms. The predicted molar refractivity (Wildman–Crippen MR) is 32.1 cm³/mol. The van der Waals surface area contributed by atoms with E-state index < -0.39 is 18.8 Å². The monoisotopic (exact) mass is 181 g/mol. The predicted octanol–water partition coefficient (Wildman–Crippen LogP) is 0.201. The Bertz CT molecular complexity index is 233. The van der Waals surface area contributed by atoms with Crippen LogP contribution in [0.1, 0.15) is 0 Å². The lowest BCUT2D eigenvalue weighted by Gasteiger charge is -2.13. The summed E-state index contributed by atoms with van der Waals surface area (Å²) in [4.78, 5) is 0. The Labute approximate surface area is 65.6 Å². The second kappa shape index (κ2) is 3.10. The third kappa shape index (κ3) is 2.19. The van der Waals surface area contributed by atoms with Crippen LogP contribution in [0.25, 0.3) is 0 Å². The van der Waals surface area contributed by atoms with Crippen molar-refractivity contribution in [3.8, 4) is 0 Å². The highest BCUT2D eigenvalue weighted by molar-refractivity contribution is 4.69. The van der Waals surface area contributed by atoms with Gasteiger partial charge in [0, 0.05) is 0 Å². The van der Waals surface area contributed by atoms with E-state index in [-0.39, 0.29) is 0 Å². The molecule has 0 bridgehead atoms. The van der Waals surface area contributed by atoms with Crippen molar-refractivity contribution in [1.82, 2.24) is 14.8 Å². The van der Waals surface area contributed by atoms with E-state index >= 15 is 0 Å². The van der Waals surface area contributed by atoms with Gasteiger partial charge in [-0.1, -0.05) is 0 Å². The standard InChI is InChI=1S/C5H6F3N3O/c6-5(7,8)4(12)1-11-2-9-10-3-11/h2-4,12H,1H2. The molecular weight excluding hydrogens is 175 g/mol. The summed E-state index contributed by atoms with van der Waals surface area (Å²) >= 11 is 0. The van der Waals surface area contributed by atoms with Crippen molar-refractivity contribution in [1.29, 1.82) is 0 Å². The second-order valence-electron chi connectivity index (χ2n) is 2.22. The van der Waals surface area contributed by atoms with Gasteiger partial charge in [0.25, 0.3) is 0 Å². The summed E-state index contributed by atoms with van der Waals surface area (Å²) in [6, 6.07) is 0. The summed E-state index contributed by atoms with van der Waals surface area (Å²) in [5.41, 5.74) is 0. The Morgan fingerprint density at radius 3 is 2.25 bits per heavy atom. The lowest BCUT2D eigenvalue weighted by atomic mass is 10.3. The van der Waals surface area contributed by atoms with Gasteiger partial charge in [-0.05, 0) is 0 Å². The van der Waals surface area contributed by atoms with Crippen LogP contribution in [0.3, 0.4) is 0 Å². The number of nitrogens with zero attached hydrogens (tertiary/aromatic N) is 3. The van der Waals surface area contributed by atoms with Gasteiger partial charge in [-0.3, -0.25) is 0 Å². The smallest absolute Gasteiger partial charge is 0.382 e. The van der Waals surface area contributed by atoms with E-state index in [1.165, 1.54) is 0 Å². The molecule has 12 heavy (non-hydrogen) atoms. The summed E-state index contributed by atoms with van der Waals surface area (Å²) in [6.45, 7) is -0.573. The van der Waals surface area contributed by atoms with Crippen LogP contribution in [0.5, 0.6) is 0 Å². The van der Waals surface area contributed by atoms with Crippen molar-refractivity contribution in [2.24, 2.45) is 0 Å². The van der Waals surface area contributed by atoms with E-state index in [1.807, 2.05) is 0 Å². The largest absolute Gasteiger partial charge is 0.416 e. The van der Waals surface area contributed by atoms with Crippen LogP contribution in [0.2, 0.25) is 0 Å². The molecule has 4 nitrogen and oxygen atoms in total. The first kappa shape index (κ1) is 8.98. The Morgan fingerprint density at radius 1 is 1.33 bits per heavy atom. The zero-order chi connectivity index (χ0) is 9.19. The maximum Gasteiger partial charge on any atom is 0.416 e. The van der Waals surface area contributed by atoms with Gasteiger partial charge < -0.3 is 9.67 Å². The zero-order valence-electron chi connectivity index (χ0n) is 5.86. The summed E-state index contributed by atoms with van der Waals surface area (Å²) in [5.74, 6) is 0. The number of rotatable bonds is 2. The molecule has 0 saturated heterocycles. The van der Waals surface area contributed by atoms with Gasteiger partial charge in [0.15, 0.2) is 6.10 Å². The molecule has 0 aliphatic rings. The number of aliphatic hydroxyl groups excluding tert-OH is 1. The molecule has 0 aromatic carbocycles. The number of hydrogen-bond acceptors (Lipinski definition) is 3. The minimum absolute atomic E-state index is 0.573. The minimum Gasteiger partial charge on any atom is -0.382 e. The average Bonchev–Trinajstić information content (AvgIpc) is 2.37. The molecule has 0 spiro atoms. The summed E-state index contributed by atoms with van der Waals surface area (Å²) in [5, 5.41) is 15.1.